The SMILES string of the molecule is CCc1ccc(/C=N/N=C/c2cc(F)c(Cl)c(F)c2)cc1. The average molecular weight is 307 g/mol. The summed E-state index contributed by atoms with van der Waals surface area (Å²) < 4.78 is 26.4. The molecule has 0 radical (unpaired) electrons. The molecule has 2 aromatic carbocycles. The quantitative estimate of drug-likeness (QED) is 0.447. The lowest BCUT2D eigenvalue weighted by Gasteiger charge is -1.98. The van der Waals surface area contributed by atoms with Crippen LogP contribution in [0.15, 0.2) is 46.6 Å². The summed E-state index contributed by atoms with van der Waals surface area (Å²) in [5, 5.41) is 7.08. The molecular formula is C16H13ClF2N2. The van der Waals surface area contributed by atoms with E-state index in [9.17, 15) is 8.78 Å². The van der Waals surface area contributed by atoms with Crippen LogP contribution in [0.25, 0.3) is 0 Å². The standard InChI is InChI=1S/C16H13ClF2N2/c1-2-11-3-5-12(6-4-11)9-20-21-10-13-7-14(18)16(17)15(19)8-13/h3-10H,2H2,1H3/b20-9+,21-10+. The second kappa shape index (κ2) is 7.09. The van der Waals surface area contributed by atoms with Crippen LogP contribution in [0.4, 0.5) is 8.78 Å². The highest BCUT2D eigenvalue weighted by Gasteiger charge is 2.07. The second-order valence-corrected chi connectivity index (χ2v) is 4.76. The van der Waals surface area contributed by atoms with E-state index in [-0.39, 0.29) is 5.56 Å². The second-order valence-electron chi connectivity index (χ2n) is 4.38. The Labute approximate surface area is 126 Å². The molecule has 0 aliphatic carbocycles. The number of nitrogens with zero attached hydrogens (tertiary/aromatic N) is 2. The Morgan fingerprint density at radius 1 is 0.952 bits per heavy atom. The van der Waals surface area contributed by atoms with Crippen molar-refractivity contribution in [3.63, 3.8) is 0 Å². The molecule has 0 heterocycles. The molecule has 0 bridgehead atoms. The zero-order chi connectivity index (χ0) is 15.2. The molecule has 0 saturated heterocycles. The van der Waals surface area contributed by atoms with Gasteiger partial charge >= 0.3 is 0 Å². The Kier molecular flexibility index (Phi) is 5.17. The fourth-order valence-corrected chi connectivity index (χ4v) is 1.80. The largest absolute Gasteiger partial charge is 0.205 e. The lowest BCUT2D eigenvalue weighted by molar-refractivity contribution is 0.584. The predicted octanol–water partition coefficient (Wildman–Crippen LogP) is 4.63. The van der Waals surface area contributed by atoms with Crippen LogP contribution in [-0.2, 0) is 6.42 Å². The molecule has 2 nitrogen and oxygen atoms in total. The van der Waals surface area contributed by atoms with Gasteiger partial charge in [-0.3, -0.25) is 0 Å². The number of hydrogen-bond acceptors (Lipinski definition) is 2. The summed E-state index contributed by atoms with van der Waals surface area (Å²) >= 11 is 5.39. The van der Waals surface area contributed by atoms with Crippen molar-refractivity contribution in [2.75, 3.05) is 0 Å². The van der Waals surface area contributed by atoms with Gasteiger partial charge in [-0.05, 0) is 29.7 Å². The van der Waals surface area contributed by atoms with Crippen LogP contribution in [0.2, 0.25) is 5.02 Å². The van der Waals surface area contributed by atoms with Crippen molar-refractivity contribution >= 4 is 24.0 Å². The molecule has 0 aliphatic rings. The molecule has 2 aromatic rings. The molecular weight excluding hydrogens is 294 g/mol. The minimum atomic E-state index is -0.822. The normalized spacial score (nSPS) is 11.6. The molecule has 108 valence electrons. The Bertz CT molecular complexity index is 656. The Morgan fingerprint density at radius 3 is 2.00 bits per heavy atom. The molecule has 0 unspecified atom stereocenters. The van der Waals surface area contributed by atoms with Crippen LogP contribution >= 0.6 is 11.6 Å². The Hall–Kier alpha value is -2.07. The number of rotatable bonds is 4. The van der Waals surface area contributed by atoms with Crippen molar-refractivity contribution < 1.29 is 8.78 Å². The average Bonchev–Trinajstić information content (AvgIpc) is 2.49. The summed E-state index contributed by atoms with van der Waals surface area (Å²) in [6.07, 6.45) is 3.81. The molecule has 0 saturated carbocycles. The smallest absolute Gasteiger partial charge is 0.145 e. The van der Waals surface area contributed by atoms with Gasteiger partial charge in [0, 0.05) is 5.56 Å². The molecule has 0 aliphatic heterocycles. The van der Waals surface area contributed by atoms with Crippen molar-refractivity contribution in [3.05, 3.63) is 69.7 Å². The third kappa shape index (κ3) is 4.20. The third-order valence-corrected chi connectivity index (χ3v) is 3.24. The topological polar surface area (TPSA) is 24.7 Å². The van der Waals surface area contributed by atoms with E-state index in [1.807, 2.05) is 24.3 Å². The fourth-order valence-electron chi connectivity index (χ4n) is 1.69. The molecule has 2 rings (SSSR count). The molecule has 0 spiro atoms. The van der Waals surface area contributed by atoms with Gasteiger partial charge in [0.25, 0.3) is 0 Å². The van der Waals surface area contributed by atoms with Crippen LogP contribution in [0, 0.1) is 11.6 Å². The van der Waals surface area contributed by atoms with E-state index in [4.69, 9.17) is 11.6 Å². The monoisotopic (exact) mass is 306 g/mol. The minimum absolute atomic E-state index is 0.257. The minimum Gasteiger partial charge on any atom is -0.205 e. The zero-order valence-corrected chi connectivity index (χ0v) is 12.1. The van der Waals surface area contributed by atoms with E-state index >= 15 is 0 Å². The van der Waals surface area contributed by atoms with Gasteiger partial charge in [0.1, 0.15) is 16.7 Å². The predicted molar refractivity (Wildman–Crippen MR) is 82.4 cm³/mol. The molecule has 0 N–H and O–H groups in total. The first-order chi connectivity index (χ1) is 10.1. The summed E-state index contributed by atoms with van der Waals surface area (Å²) in [4.78, 5) is 0. The van der Waals surface area contributed by atoms with E-state index in [2.05, 4.69) is 17.1 Å². The molecule has 5 heteroatoms. The van der Waals surface area contributed by atoms with Crippen molar-refractivity contribution in [1.82, 2.24) is 0 Å². The lowest BCUT2D eigenvalue weighted by Crippen LogP contribution is -1.89. The summed E-state index contributed by atoms with van der Waals surface area (Å²) in [6.45, 7) is 2.08. The van der Waals surface area contributed by atoms with Gasteiger partial charge in [-0.2, -0.15) is 10.2 Å². The summed E-state index contributed by atoms with van der Waals surface area (Å²) in [5.41, 5.74) is 2.40. The van der Waals surface area contributed by atoms with Gasteiger partial charge in [-0.25, -0.2) is 8.78 Å². The lowest BCUT2D eigenvalue weighted by atomic mass is 10.1. The number of benzene rings is 2. The maximum atomic E-state index is 13.2. The Balaban J connectivity index is 2.06. The summed E-state index contributed by atoms with van der Waals surface area (Å²) in [5.74, 6) is -1.64. The van der Waals surface area contributed by atoms with Gasteiger partial charge in [-0.15, -0.1) is 0 Å². The van der Waals surface area contributed by atoms with Gasteiger partial charge in [0.2, 0.25) is 0 Å². The molecule has 0 amide bonds. The highest BCUT2D eigenvalue weighted by atomic mass is 35.5. The van der Waals surface area contributed by atoms with Crippen molar-refractivity contribution in [2.24, 2.45) is 10.2 Å². The van der Waals surface area contributed by atoms with Gasteiger partial charge in [-0.1, -0.05) is 42.8 Å². The van der Waals surface area contributed by atoms with Crippen molar-refractivity contribution in [3.8, 4) is 0 Å². The first-order valence-corrected chi connectivity index (χ1v) is 6.78. The number of hydrogen-bond donors (Lipinski definition) is 0. The van der Waals surface area contributed by atoms with Crippen LogP contribution < -0.4 is 0 Å². The molecule has 21 heavy (non-hydrogen) atoms. The number of halogens is 3. The van der Waals surface area contributed by atoms with Crippen molar-refractivity contribution in [1.29, 1.82) is 0 Å². The van der Waals surface area contributed by atoms with E-state index in [0.29, 0.717) is 0 Å². The highest BCUT2D eigenvalue weighted by Crippen LogP contribution is 2.19. The van der Waals surface area contributed by atoms with Crippen molar-refractivity contribution in [2.45, 2.75) is 13.3 Å². The first kappa shape index (κ1) is 15.3. The summed E-state index contributed by atoms with van der Waals surface area (Å²) in [7, 11) is 0. The number of aryl methyl sites for hydroxylation is 1. The van der Waals surface area contributed by atoms with Crippen LogP contribution in [-0.4, -0.2) is 12.4 Å². The van der Waals surface area contributed by atoms with E-state index in [1.165, 1.54) is 11.8 Å². The summed E-state index contributed by atoms with van der Waals surface area (Å²) in [6, 6.07) is 10.1. The maximum absolute atomic E-state index is 13.2. The molecule has 0 fully saturated rings. The van der Waals surface area contributed by atoms with Gasteiger partial charge in [0.15, 0.2) is 0 Å². The zero-order valence-electron chi connectivity index (χ0n) is 11.4. The van der Waals surface area contributed by atoms with E-state index < -0.39 is 16.7 Å². The van der Waals surface area contributed by atoms with Gasteiger partial charge in [0.05, 0.1) is 12.4 Å². The Morgan fingerprint density at radius 2 is 1.48 bits per heavy atom. The molecule has 0 aromatic heterocycles. The third-order valence-electron chi connectivity index (χ3n) is 2.87. The van der Waals surface area contributed by atoms with E-state index in [0.717, 1.165) is 24.1 Å². The van der Waals surface area contributed by atoms with Crippen LogP contribution in [0.5, 0.6) is 0 Å². The van der Waals surface area contributed by atoms with Crippen LogP contribution in [0.1, 0.15) is 23.6 Å². The first-order valence-electron chi connectivity index (χ1n) is 6.40. The fraction of sp³-hybridized carbons (Fsp3) is 0.125. The van der Waals surface area contributed by atoms with E-state index in [1.54, 1.807) is 6.21 Å². The van der Waals surface area contributed by atoms with Gasteiger partial charge < -0.3 is 0 Å². The maximum Gasteiger partial charge on any atom is 0.145 e. The highest BCUT2D eigenvalue weighted by molar-refractivity contribution is 6.30. The van der Waals surface area contributed by atoms with Crippen LogP contribution in [0.3, 0.4) is 0 Å². The molecule has 0 atom stereocenters.